The SMILES string of the molecule is COc1cc(Nc2ccnc(-c3cccc4c3ccn4C)n2)cc(OC)c1OC. The van der Waals surface area contributed by atoms with Crippen molar-refractivity contribution in [2.45, 2.75) is 0 Å². The average Bonchev–Trinajstić information content (AvgIpc) is 3.14. The Balaban J connectivity index is 1.71. The fourth-order valence-corrected chi connectivity index (χ4v) is 3.36. The molecule has 7 nitrogen and oxygen atoms in total. The predicted octanol–water partition coefficient (Wildman–Crippen LogP) is 4.40. The lowest BCUT2D eigenvalue weighted by atomic mass is 10.1. The molecule has 0 saturated heterocycles. The summed E-state index contributed by atoms with van der Waals surface area (Å²) in [5.41, 5.74) is 2.88. The Kier molecular flexibility index (Phi) is 4.95. The summed E-state index contributed by atoms with van der Waals surface area (Å²) in [6.07, 6.45) is 3.77. The van der Waals surface area contributed by atoms with Crippen LogP contribution in [0.2, 0.25) is 0 Å². The van der Waals surface area contributed by atoms with Crippen LogP contribution in [-0.4, -0.2) is 35.9 Å². The molecule has 0 aliphatic carbocycles. The number of rotatable bonds is 6. The van der Waals surface area contributed by atoms with Crippen molar-refractivity contribution in [2.24, 2.45) is 7.05 Å². The number of nitrogens with zero attached hydrogens (tertiary/aromatic N) is 3. The fourth-order valence-electron chi connectivity index (χ4n) is 3.36. The number of methoxy groups -OCH3 is 3. The van der Waals surface area contributed by atoms with Gasteiger partial charge in [0.25, 0.3) is 0 Å². The van der Waals surface area contributed by atoms with Crippen molar-refractivity contribution in [3.63, 3.8) is 0 Å². The number of fused-ring (bicyclic) bond motifs is 1. The zero-order valence-electron chi connectivity index (χ0n) is 16.8. The maximum Gasteiger partial charge on any atom is 0.203 e. The minimum absolute atomic E-state index is 0.541. The lowest BCUT2D eigenvalue weighted by molar-refractivity contribution is 0.324. The Morgan fingerprint density at radius 2 is 1.69 bits per heavy atom. The first-order chi connectivity index (χ1) is 14.1. The molecular formula is C22H22N4O3. The van der Waals surface area contributed by atoms with E-state index in [2.05, 4.69) is 27.0 Å². The van der Waals surface area contributed by atoms with Crippen molar-refractivity contribution in [1.82, 2.24) is 14.5 Å². The summed E-state index contributed by atoms with van der Waals surface area (Å²) in [5.74, 6) is 2.99. The summed E-state index contributed by atoms with van der Waals surface area (Å²) in [6, 6.07) is 13.7. The molecule has 0 aliphatic heterocycles. The van der Waals surface area contributed by atoms with Gasteiger partial charge < -0.3 is 24.1 Å². The molecule has 7 heteroatoms. The molecule has 1 N–H and O–H groups in total. The summed E-state index contributed by atoms with van der Waals surface area (Å²) >= 11 is 0. The Morgan fingerprint density at radius 1 is 0.931 bits per heavy atom. The third-order valence-corrected chi connectivity index (χ3v) is 4.76. The van der Waals surface area contributed by atoms with Crippen molar-refractivity contribution in [3.8, 4) is 28.6 Å². The van der Waals surface area contributed by atoms with Gasteiger partial charge in [-0.05, 0) is 18.2 Å². The van der Waals surface area contributed by atoms with E-state index in [0.29, 0.717) is 28.9 Å². The molecule has 4 rings (SSSR count). The first kappa shape index (κ1) is 18.6. The average molecular weight is 390 g/mol. The highest BCUT2D eigenvalue weighted by atomic mass is 16.5. The second-order valence-electron chi connectivity index (χ2n) is 6.47. The van der Waals surface area contributed by atoms with Gasteiger partial charge in [-0.2, -0.15) is 0 Å². The van der Waals surface area contributed by atoms with Gasteiger partial charge in [-0.25, -0.2) is 9.97 Å². The Hall–Kier alpha value is -3.74. The number of aryl methyl sites for hydroxylation is 1. The largest absolute Gasteiger partial charge is 0.493 e. The van der Waals surface area contributed by atoms with Gasteiger partial charge in [-0.3, -0.25) is 0 Å². The van der Waals surface area contributed by atoms with Crippen LogP contribution >= 0.6 is 0 Å². The molecule has 2 aromatic carbocycles. The summed E-state index contributed by atoms with van der Waals surface area (Å²) < 4.78 is 18.3. The Bertz CT molecular complexity index is 1140. The number of hydrogen-bond acceptors (Lipinski definition) is 6. The molecule has 2 aromatic heterocycles. The normalized spacial score (nSPS) is 10.8. The van der Waals surface area contributed by atoms with Crippen molar-refractivity contribution >= 4 is 22.4 Å². The van der Waals surface area contributed by atoms with Crippen LogP contribution in [0.1, 0.15) is 0 Å². The van der Waals surface area contributed by atoms with Crippen LogP contribution < -0.4 is 19.5 Å². The highest BCUT2D eigenvalue weighted by molar-refractivity contribution is 5.93. The van der Waals surface area contributed by atoms with Crippen molar-refractivity contribution < 1.29 is 14.2 Å². The highest BCUT2D eigenvalue weighted by Crippen LogP contribution is 2.40. The first-order valence-corrected chi connectivity index (χ1v) is 9.09. The highest BCUT2D eigenvalue weighted by Gasteiger charge is 2.14. The Labute approximate surface area is 168 Å². The molecule has 0 unspecified atom stereocenters. The van der Waals surface area contributed by atoms with Crippen LogP contribution in [0.4, 0.5) is 11.5 Å². The molecule has 4 aromatic rings. The van der Waals surface area contributed by atoms with Crippen LogP contribution in [-0.2, 0) is 7.05 Å². The van der Waals surface area contributed by atoms with Gasteiger partial charge >= 0.3 is 0 Å². The molecule has 29 heavy (non-hydrogen) atoms. The molecule has 0 saturated carbocycles. The molecular weight excluding hydrogens is 368 g/mol. The van der Waals surface area contributed by atoms with Gasteiger partial charge in [0.05, 0.1) is 21.3 Å². The van der Waals surface area contributed by atoms with Crippen molar-refractivity contribution in [3.05, 3.63) is 54.9 Å². The number of benzene rings is 2. The van der Waals surface area contributed by atoms with Gasteiger partial charge in [0.15, 0.2) is 17.3 Å². The van der Waals surface area contributed by atoms with E-state index < -0.39 is 0 Å². The van der Waals surface area contributed by atoms with E-state index in [1.807, 2.05) is 43.6 Å². The van der Waals surface area contributed by atoms with E-state index in [-0.39, 0.29) is 0 Å². The lowest BCUT2D eigenvalue weighted by Crippen LogP contribution is -2.00. The number of hydrogen-bond donors (Lipinski definition) is 1. The molecule has 0 fully saturated rings. The van der Waals surface area contributed by atoms with Gasteiger partial charge in [-0.1, -0.05) is 12.1 Å². The molecule has 0 atom stereocenters. The van der Waals surface area contributed by atoms with E-state index in [1.54, 1.807) is 27.5 Å². The molecule has 2 heterocycles. The van der Waals surface area contributed by atoms with E-state index in [4.69, 9.17) is 19.2 Å². The molecule has 0 spiro atoms. The lowest BCUT2D eigenvalue weighted by Gasteiger charge is -2.15. The topological polar surface area (TPSA) is 70.4 Å². The standard InChI is InChI=1S/C22H22N4O3/c1-26-11-9-15-16(6-5-7-17(15)26)22-23-10-8-20(25-22)24-14-12-18(27-2)21(29-4)19(13-14)28-3/h5-13H,1-4H3,(H,23,24,25). The molecule has 0 radical (unpaired) electrons. The maximum absolute atomic E-state index is 5.42. The third kappa shape index (κ3) is 3.42. The monoisotopic (exact) mass is 390 g/mol. The quantitative estimate of drug-likeness (QED) is 0.526. The van der Waals surface area contributed by atoms with E-state index in [9.17, 15) is 0 Å². The first-order valence-electron chi connectivity index (χ1n) is 9.09. The van der Waals surface area contributed by atoms with Crippen molar-refractivity contribution in [2.75, 3.05) is 26.6 Å². The third-order valence-electron chi connectivity index (χ3n) is 4.76. The van der Waals surface area contributed by atoms with Gasteiger partial charge in [0, 0.05) is 53.7 Å². The van der Waals surface area contributed by atoms with E-state index in [1.165, 1.54) is 0 Å². The smallest absolute Gasteiger partial charge is 0.203 e. The van der Waals surface area contributed by atoms with Gasteiger partial charge in [0.1, 0.15) is 5.82 Å². The summed E-state index contributed by atoms with van der Waals surface area (Å²) in [6.45, 7) is 0. The minimum Gasteiger partial charge on any atom is -0.493 e. The molecule has 0 amide bonds. The summed E-state index contributed by atoms with van der Waals surface area (Å²) in [7, 11) is 6.78. The second-order valence-corrected chi connectivity index (χ2v) is 6.47. The maximum atomic E-state index is 5.42. The van der Waals surface area contributed by atoms with Crippen LogP contribution in [0.25, 0.3) is 22.3 Å². The van der Waals surface area contributed by atoms with Crippen molar-refractivity contribution in [1.29, 1.82) is 0 Å². The number of nitrogens with one attached hydrogen (secondary N) is 1. The minimum atomic E-state index is 0.541. The zero-order valence-corrected chi connectivity index (χ0v) is 16.8. The summed E-state index contributed by atoms with van der Waals surface area (Å²) in [5, 5.41) is 4.41. The number of aromatic nitrogens is 3. The van der Waals surface area contributed by atoms with Crippen LogP contribution in [0.15, 0.2) is 54.9 Å². The zero-order chi connectivity index (χ0) is 20.4. The molecule has 0 bridgehead atoms. The van der Waals surface area contributed by atoms with E-state index in [0.717, 1.165) is 22.2 Å². The van der Waals surface area contributed by atoms with Gasteiger partial charge in [0.2, 0.25) is 5.75 Å². The predicted molar refractivity (Wildman–Crippen MR) is 113 cm³/mol. The fraction of sp³-hybridized carbons (Fsp3) is 0.182. The second kappa shape index (κ2) is 7.71. The Morgan fingerprint density at radius 3 is 2.38 bits per heavy atom. The number of ether oxygens (including phenoxy) is 3. The van der Waals surface area contributed by atoms with Crippen LogP contribution in [0.3, 0.4) is 0 Å². The molecule has 148 valence electrons. The molecule has 0 aliphatic rings. The summed E-state index contributed by atoms with van der Waals surface area (Å²) in [4.78, 5) is 9.18. The van der Waals surface area contributed by atoms with E-state index >= 15 is 0 Å². The van der Waals surface area contributed by atoms with Crippen LogP contribution in [0, 0.1) is 0 Å². The van der Waals surface area contributed by atoms with Crippen LogP contribution in [0.5, 0.6) is 17.2 Å². The number of anilines is 2. The van der Waals surface area contributed by atoms with Gasteiger partial charge in [-0.15, -0.1) is 0 Å².